The summed E-state index contributed by atoms with van der Waals surface area (Å²) in [5.74, 6) is 0.570. The van der Waals surface area contributed by atoms with Gasteiger partial charge < -0.3 is 10.6 Å². The van der Waals surface area contributed by atoms with Gasteiger partial charge in [0.1, 0.15) is 11.5 Å². The lowest BCUT2D eigenvalue weighted by atomic mass is 10.2. The van der Waals surface area contributed by atoms with Gasteiger partial charge in [-0.2, -0.15) is 0 Å². The van der Waals surface area contributed by atoms with E-state index in [1.165, 1.54) is 6.20 Å². The van der Waals surface area contributed by atoms with Crippen LogP contribution in [0.15, 0.2) is 12.4 Å². The van der Waals surface area contributed by atoms with Crippen LogP contribution in [0.4, 0.5) is 5.82 Å². The van der Waals surface area contributed by atoms with Crippen LogP contribution in [0, 0.1) is 5.41 Å². The number of rotatable bonds is 5. The molecule has 1 aliphatic carbocycles. The summed E-state index contributed by atoms with van der Waals surface area (Å²) in [6, 6.07) is 0.268. The fraction of sp³-hybridized carbons (Fsp3) is 0.615. The molecule has 0 bridgehead atoms. The van der Waals surface area contributed by atoms with Crippen molar-refractivity contribution in [3.8, 4) is 0 Å². The molecule has 18 heavy (non-hydrogen) atoms. The average Bonchev–Trinajstić information content (AvgIpc) is 2.94. The number of carbonyl (C=O) groups is 1. The van der Waals surface area contributed by atoms with Gasteiger partial charge in [0.05, 0.1) is 12.4 Å². The van der Waals surface area contributed by atoms with E-state index in [1.807, 2.05) is 0 Å². The molecule has 1 aromatic heterocycles. The zero-order valence-corrected chi connectivity index (χ0v) is 11.2. The molecule has 5 heteroatoms. The van der Waals surface area contributed by atoms with Crippen molar-refractivity contribution < 1.29 is 4.79 Å². The minimum absolute atomic E-state index is 0.139. The van der Waals surface area contributed by atoms with E-state index in [0.29, 0.717) is 11.5 Å². The lowest BCUT2D eigenvalue weighted by Crippen LogP contribution is -2.29. The predicted octanol–water partition coefficient (Wildman–Crippen LogP) is 1.83. The molecule has 2 N–H and O–H groups in total. The molecular formula is C13H20N4O. The minimum Gasteiger partial charge on any atom is -0.369 e. The Hall–Kier alpha value is -1.65. The lowest BCUT2D eigenvalue weighted by Gasteiger charge is -2.07. The molecule has 98 valence electrons. The molecule has 1 aliphatic rings. The van der Waals surface area contributed by atoms with Crippen molar-refractivity contribution in [1.29, 1.82) is 0 Å². The zero-order chi connectivity index (χ0) is 13.2. The van der Waals surface area contributed by atoms with Crippen molar-refractivity contribution in [2.75, 3.05) is 11.9 Å². The third-order valence-electron chi connectivity index (χ3n) is 3.26. The molecule has 0 saturated heterocycles. The summed E-state index contributed by atoms with van der Waals surface area (Å²) < 4.78 is 0. The Kier molecular flexibility index (Phi) is 3.50. The second-order valence-electron chi connectivity index (χ2n) is 5.43. The van der Waals surface area contributed by atoms with E-state index in [1.54, 1.807) is 6.20 Å². The van der Waals surface area contributed by atoms with Crippen molar-refractivity contribution in [3.05, 3.63) is 18.1 Å². The highest BCUT2D eigenvalue weighted by atomic mass is 16.2. The molecular weight excluding hydrogens is 228 g/mol. The topological polar surface area (TPSA) is 66.9 Å². The Bertz CT molecular complexity index is 427. The molecule has 1 amide bonds. The number of nitrogens with one attached hydrogen (secondary N) is 2. The van der Waals surface area contributed by atoms with Crippen molar-refractivity contribution in [2.45, 2.75) is 39.7 Å². The lowest BCUT2D eigenvalue weighted by molar-refractivity contribution is 0.0941. The fourth-order valence-electron chi connectivity index (χ4n) is 1.74. The van der Waals surface area contributed by atoms with Gasteiger partial charge in [0.15, 0.2) is 0 Å². The summed E-state index contributed by atoms with van der Waals surface area (Å²) in [5, 5.41) is 6.08. The first kappa shape index (κ1) is 12.8. The average molecular weight is 248 g/mol. The van der Waals surface area contributed by atoms with Crippen molar-refractivity contribution in [1.82, 2.24) is 15.3 Å². The van der Waals surface area contributed by atoms with Gasteiger partial charge >= 0.3 is 0 Å². The number of carbonyl (C=O) groups excluding carboxylic acids is 1. The van der Waals surface area contributed by atoms with Gasteiger partial charge in [-0.1, -0.05) is 20.8 Å². The molecule has 0 aliphatic heterocycles. The van der Waals surface area contributed by atoms with Gasteiger partial charge in [0.2, 0.25) is 0 Å². The number of hydrogen-bond donors (Lipinski definition) is 2. The molecule has 0 spiro atoms. The molecule has 5 nitrogen and oxygen atoms in total. The van der Waals surface area contributed by atoms with Crippen LogP contribution in [0.1, 0.15) is 44.1 Å². The molecule has 0 radical (unpaired) electrons. The summed E-state index contributed by atoms with van der Waals surface area (Å²) in [4.78, 5) is 20.2. The van der Waals surface area contributed by atoms with E-state index >= 15 is 0 Å². The van der Waals surface area contributed by atoms with Gasteiger partial charge in [-0.25, -0.2) is 9.97 Å². The largest absolute Gasteiger partial charge is 0.369 e. The maximum absolute atomic E-state index is 11.9. The molecule has 1 atom stereocenters. The number of aromatic nitrogens is 2. The SMILES string of the molecule is CCCNc1cnc(C(=O)NC2CC2(C)C)cn1. The zero-order valence-electron chi connectivity index (χ0n) is 11.2. The first-order chi connectivity index (χ1) is 8.53. The summed E-state index contributed by atoms with van der Waals surface area (Å²) in [7, 11) is 0. The van der Waals surface area contributed by atoms with E-state index in [4.69, 9.17) is 0 Å². The molecule has 0 aromatic carbocycles. The maximum Gasteiger partial charge on any atom is 0.271 e. The van der Waals surface area contributed by atoms with Crippen molar-refractivity contribution >= 4 is 11.7 Å². The monoisotopic (exact) mass is 248 g/mol. The Morgan fingerprint density at radius 2 is 2.17 bits per heavy atom. The third kappa shape index (κ3) is 2.97. The van der Waals surface area contributed by atoms with E-state index in [-0.39, 0.29) is 17.4 Å². The summed E-state index contributed by atoms with van der Waals surface area (Å²) in [5.41, 5.74) is 0.603. The number of amides is 1. The molecule has 1 unspecified atom stereocenters. The quantitative estimate of drug-likeness (QED) is 0.834. The van der Waals surface area contributed by atoms with Crippen LogP contribution in [-0.4, -0.2) is 28.5 Å². The Labute approximate surface area is 107 Å². The molecule has 1 fully saturated rings. The summed E-state index contributed by atoms with van der Waals surface area (Å²) in [6.07, 6.45) is 5.17. The molecule has 1 saturated carbocycles. The van der Waals surface area contributed by atoms with Crippen molar-refractivity contribution in [3.63, 3.8) is 0 Å². The number of nitrogens with zero attached hydrogens (tertiary/aromatic N) is 2. The van der Waals surface area contributed by atoms with Gasteiger partial charge in [-0.05, 0) is 18.3 Å². The van der Waals surface area contributed by atoms with E-state index in [2.05, 4.69) is 41.4 Å². The second-order valence-corrected chi connectivity index (χ2v) is 5.43. The number of hydrogen-bond acceptors (Lipinski definition) is 4. The highest BCUT2D eigenvalue weighted by Gasteiger charge is 2.46. The number of anilines is 1. The van der Waals surface area contributed by atoms with Gasteiger partial charge in [0, 0.05) is 12.6 Å². The highest BCUT2D eigenvalue weighted by molar-refractivity contribution is 5.92. The van der Waals surface area contributed by atoms with Crippen LogP contribution in [-0.2, 0) is 0 Å². The standard InChI is InChI=1S/C13H20N4O/c1-4-5-14-11-8-15-9(7-16-11)12(18)17-10-6-13(10,2)3/h7-8,10H,4-6H2,1-3H3,(H,14,16)(H,17,18). The first-order valence-corrected chi connectivity index (χ1v) is 6.39. The predicted molar refractivity (Wildman–Crippen MR) is 70.5 cm³/mol. The van der Waals surface area contributed by atoms with Crippen LogP contribution in [0.25, 0.3) is 0 Å². The van der Waals surface area contributed by atoms with Crippen LogP contribution < -0.4 is 10.6 Å². The maximum atomic E-state index is 11.9. The normalized spacial score (nSPS) is 20.3. The van der Waals surface area contributed by atoms with Crippen LogP contribution in [0.3, 0.4) is 0 Å². The smallest absolute Gasteiger partial charge is 0.271 e. The molecule has 1 aromatic rings. The van der Waals surface area contributed by atoms with Crippen LogP contribution in [0.5, 0.6) is 0 Å². The first-order valence-electron chi connectivity index (χ1n) is 6.39. The Morgan fingerprint density at radius 3 is 2.67 bits per heavy atom. The third-order valence-corrected chi connectivity index (χ3v) is 3.26. The Balaban J connectivity index is 1.91. The van der Waals surface area contributed by atoms with Crippen LogP contribution in [0.2, 0.25) is 0 Å². The summed E-state index contributed by atoms with van der Waals surface area (Å²) >= 11 is 0. The van der Waals surface area contributed by atoms with Gasteiger partial charge in [0.25, 0.3) is 5.91 Å². The molecule has 2 rings (SSSR count). The van der Waals surface area contributed by atoms with Crippen LogP contribution >= 0.6 is 0 Å². The summed E-state index contributed by atoms with van der Waals surface area (Å²) in [6.45, 7) is 7.22. The van der Waals surface area contributed by atoms with Gasteiger partial charge in [-0.15, -0.1) is 0 Å². The molecule has 1 heterocycles. The highest BCUT2D eigenvalue weighted by Crippen LogP contribution is 2.44. The Morgan fingerprint density at radius 1 is 1.44 bits per heavy atom. The van der Waals surface area contributed by atoms with Gasteiger partial charge in [-0.3, -0.25) is 4.79 Å². The second kappa shape index (κ2) is 4.92. The minimum atomic E-state index is -0.139. The fourth-order valence-corrected chi connectivity index (χ4v) is 1.74. The van der Waals surface area contributed by atoms with E-state index < -0.39 is 0 Å². The van der Waals surface area contributed by atoms with Crippen molar-refractivity contribution in [2.24, 2.45) is 5.41 Å². The van der Waals surface area contributed by atoms with E-state index in [0.717, 1.165) is 19.4 Å². The van der Waals surface area contributed by atoms with E-state index in [9.17, 15) is 4.79 Å².